The van der Waals surface area contributed by atoms with Crippen molar-refractivity contribution in [2.24, 2.45) is 0 Å². The first kappa shape index (κ1) is 22.2. The molecule has 0 aliphatic heterocycles. The molecule has 156 valence electrons. The minimum atomic E-state index is -3.71. The highest BCUT2D eigenvalue weighted by molar-refractivity contribution is 7.92. The monoisotopic (exact) mass is 420 g/mol. The molecule has 9 heteroatoms. The summed E-state index contributed by atoms with van der Waals surface area (Å²) in [7, 11) is -2.44. The van der Waals surface area contributed by atoms with Crippen LogP contribution in [0.15, 0.2) is 42.5 Å². The summed E-state index contributed by atoms with van der Waals surface area (Å²) in [6, 6.07) is 11.2. The minimum absolute atomic E-state index is 0.316. The van der Waals surface area contributed by atoms with Gasteiger partial charge in [0.1, 0.15) is 12.3 Å². The van der Waals surface area contributed by atoms with Crippen LogP contribution in [0.5, 0.6) is 5.75 Å². The lowest BCUT2D eigenvalue weighted by molar-refractivity contribution is -0.114. The number of sulfonamides is 1. The van der Waals surface area contributed by atoms with E-state index < -0.39 is 28.4 Å². The van der Waals surface area contributed by atoms with Crippen LogP contribution in [0.1, 0.15) is 22.8 Å². The van der Waals surface area contributed by atoms with Gasteiger partial charge in [-0.25, -0.2) is 13.2 Å². The van der Waals surface area contributed by atoms with E-state index in [0.717, 1.165) is 10.6 Å². The van der Waals surface area contributed by atoms with Crippen molar-refractivity contribution >= 4 is 33.3 Å². The molecule has 0 saturated heterocycles. The lowest BCUT2D eigenvalue weighted by Crippen LogP contribution is -2.37. The maximum absolute atomic E-state index is 12.6. The molecule has 1 amide bonds. The molecule has 0 aliphatic carbocycles. The Hall–Kier alpha value is -3.07. The van der Waals surface area contributed by atoms with Crippen molar-refractivity contribution in [2.75, 3.05) is 36.1 Å². The third kappa shape index (κ3) is 5.71. The number of carbonyl (C=O) groups is 2. The smallest absolute Gasteiger partial charge is 0.338 e. The van der Waals surface area contributed by atoms with Crippen LogP contribution in [0.4, 0.5) is 11.4 Å². The van der Waals surface area contributed by atoms with Crippen LogP contribution in [-0.2, 0) is 19.6 Å². The van der Waals surface area contributed by atoms with E-state index in [2.05, 4.69) is 5.32 Å². The second-order valence-corrected chi connectivity index (χ2v) is 8.12. The Kier molecular flexibility index (Phi) is 7.22. The first-order valence-corrected chi connectivity index (χ1v) is 10.7. The summed E-state index contributed by atoms with van der Waals surface area (Å²) >= 11 is 0. The number of hydrogen-bond donors (Lipinski definition) is 1. The van der Waals surface area contributed by atoms with Crippen LogP contribution in [0, 0.1) is 6.92 Å². The Bertz CT molecular complexity index is 987. The molecule has 0 heterocycles. The number of esters is 1. The van der Waals surface area contributed by atoms with Gasteiger partial charge in [-0.1, -0.05) is 6.07 Å². The highest BCUT2D eigenvalue weighted by Gasteiger charge is 2.22. The third-order valence-corrected chi connectivity index (χ3v) is 5.28. The number of rotatable bonds is 8. The Balaban J connectivity index is 2.23. The van der Waals surface area contributed by atoms with Crippen LogP contribution < -0.4 is 14.4 Å². The third-order valence-electron chi connectivity index (χ3n) is 4.14. The summed E-state index contributed by atoms with van der Waals surface area (Å²) < 4.78 is 35.5. The van der Waals surface area contributed by atoms with Gasteiger partial charge in [0.15, 0.2) is 0 Å². The second-order valence-electron chi connectivity index (χ2n) is 6.21. The minimum Gasteiger partial charge on any atom is -0.494 e. The zero-order valence-corrected chi connectivity index (χ0v) is 17.6. The molecular formula is C20H24N2O6S. The van der Waals surface area contributed by atoms with E-state index in [4.69, 9.17) is 9.47 Å². The Labute approximate surface area is 170 Å². The molecule has 0 spiro atoms. The van der Waals surface area contributed by atoms with E-state index >= 15 is 0 Å². The van der Waals surface area contributed by atoms with Gasteiger partial charge in [0.05, 0.1) is 31.2 Å². The lowest BCUT2D eigenvalue weighted by atomic mass is 10.1. The normalized spacial score (nSPS) is 10.9. The average Bonchev–Trinajstić information content (AvgIpc) is 2.67. The van der Waals surface area contributed by atoms with Gasteiger partial charge in [0.25, 0.3) is 0 Å². The quantitative estimate of drug-likeness (QED) is 0.659. The van der Waals surface area contributed by atoms with Gasteiger partial charge in [-0.15, -0.1) is 0 Å². The second kappa shape index (κ2) is 9.42. The molecular weight excluding hydrogens is 396 g/mol. The van der Waals surface area contributed by atoms with Crippen LogP contribution >= 0.6 is 0 Å². The van der Waals surface area contributed by atoms with Crippen molar-refractivity contribution in [3.05, 3.63) is 53.6 Å². The molecule has 2 rings (SSSR count). The highest BCUT2D eigenvalue weighted by atomic mass is 32.2. The topological polar surface area (TPSA) is 102 Å². The lowest BCUT2D eigenvalue weighted by Gasteiger charge is -2.22. The summed E-state index contributed by atoms with van der Waals surface area (Å²) in [6.07, 6.45) is 1.03. The molecule has 1 N–H and O–H groups in total. The predicted octanol–water partition coefficient (Wildman–Crippen LogP) is 2.59. The first-order valence-electron chi connectivity index (χ1n) is 8.85. The fourth-order valence-electron chi connectivity index (χ4n) is 2.70. The zero-order chi connectivity index (χ0) is 21.6. The maximum Gasteiger partial charge on any atom is 0.338 e. The number of carbonyl (C=O) groups excluding carboxylic acids is 2. The Morgan fingerprint density at radius 1 is 1.10 bits per heavy atom. The van der Waals surface area contributed by atoms with Crippen LogP contribution in [0.2, 0.25) is 0 Å². The van der Waals surface area contributed by atoms with Crippen LogP contribution in [0.25, 0.3) is 0 Å². The SMILES string of the molecule is CCOc1ccc(N(CC(=O)Nc2cccc(C(=O)OC)c2C)S(C)(=O)=O)cc1. The number of nitrogens with one attached hydrogen (secondary N) is 1. The van der Waals surface area contributed by atoms with E-state index in [-0.39, 0.29) is 0 Å². The molecule has 2 aromatic carbocycles. The van der Waals surface area contributed by atoms with Crippen molar-refractivity contribution in [1.82, 2.24) is 0 Å². The van der Waals surface area contributed by atoms with Gasteiger partial charge in [0.2, 0.25) is 15.9 Å². The Morgan fingerprint density at radius 3 is 2.31 bits per heavy atom. The van der Waals surface area contributed by atoms with E-state index in [0.29, 0.717) is 34.9 Å². The van der Waals surface area contributed by atoms with Crippen molar-refractivity contribution in [1.29, 1.82) is 0 Å². The average molecular weight is 420 g/mol. The maximum atomic E-state index is 12.6. The number of nitrogens with zero attached hydrogens (tertiary/aromatic N) is 1. The molecule has 0 unspecified atom stereocenters. The summed E-state index contributed by atoms with van der Waals surface area (Å²) in [6.45, 7) is 3.58. The van der Waals surface area contributed by atoms with Crippen molar-refractivity contribution in [2.45, 2.75) is 13.8 Å². The van der Waals surface area contributed by atoms with Gasteiger partial charge in [-0.2, -0.15) is 0 Å². The van der Waals surface area contributed by atoms with Crippen molar-refractivity contribution < 1.29 is 27.5 Å². The fourth-order valence-corrected chi connectivity index (χ4v) is 3.55. The summed E-state index contributed by atoms with van der Waals surface area (Å²) in [4.78, 5) is 24.4. The standard InChI is InChI=1S/C20H24N2O6S/c1-5-28-16-11-9-15(10-12-16)22(29(4,25)26)13-19(23)21-18-8-6-7-17(14(18)2)20(24)27-3/h6-12H,5,13H2,1-4H3,(H,21,23). The number of hydrogen-bond acceptors (Lipinski definition) is 6. The summed E-state index contributed by atoms with van der Waals surface area (Å²) in [5, 5.41) is 2.66. The first-order chi connectivity index (χ1) is 13.7. The molecule has 0 aromatic heterocycles. The van der Waals surface area contributed by atoms with Crippen molar-refractivity contribution in [3.63, 3.8) is 0 Å². The largest absolute Gasteiger partial charge is 0.494 e. The molecule has 0 bridgehead atoms. The van der Waals surface area contributed by atoms with Crippen molar-refractivity contribution in [3.8, 4) is 5.75 Å². The zero-order valence-electron chi connectivity index (χ0n) is 16.8. The van der Waals surface area contributed by atoms with Gasteiger partial charge >= 0.3 is 5.97 Å². The predicted molar refractivity (Wildman–Crippen MR) is 111 cm³/mol. The van der Waals surface area contributed by atoms with Gasteiger partial charge in [-0.05, 0) is 55.8 Å². The molecule has 0 atom stereocenters. The Morgan fingerprint density at radius 2 is 1.76 bits per heavy atom. The number of methoxy groups -OCH3 is 1. The summed E-state index contributed by atoms with van der Waals surface area (Å²) in [5.74, 6) is -0.468. The highest BCUT2D eigenvalue weighted by Crippen LogP contribution is 2.23. The van der Waals surface area contributed by atoms with Crippen LogP contribution in [-0.4, -0.2) is 46.8 Å². The number of amides is 1. The van der Waals surface area contributed by atoms with Gasteiger partial charge < -0.3 is 14.8 Å². The summed E-state index contributed by atoms with van der Waals surface area (Å²) in [5.41, 5.74) is 1.58. The van der Waals surface area contributed by atoms with Gasteiger partial charge in [-0.3, -0.25) is 9.10 Å². The van der Waals surface area contributed by atoms with Gasteiger partial charge in [0, 0.05) is 5.69 Å². The molecule has 2 aromatic rings. The van der Waals surface area contributed by atoms with E-state index in [1.807, 2.05) is 6.92 Å². The van der Waals surface area contributed by atoms with E-state index in [1.165, 1.54) is 7.11 Å². The molecule has 0 aliphatic rings. The molecule has 0 fully saturated rings. The fraction of sp³-hybridized carbons (Fsp3) is 0.300. The molecule has 0 saturated carbocycles. The van der Waals surface area contributed by atoms with Crippen LogP contribution in [0.3, 0.4) is 0 Å². The number of ether oxygens (including phenoxy) is 2. The molecule has 29 heavy (non-hydrogen) atoms. The number of benzene rings is 2. The number of anilines is 2. The molecule has 8 nitrogen and oxygen atoms in total. The molecule has 0 radical (unpaired) electrons. The van der Waals surface area contributed by atoms with E-state index in [1.54, 1.807) is 49.4 Å². The van der Waals surface area contributed by atoms with E-state index in [9.17, 15) is 18.0 Å².